The number of aromatic amines is 1. The van der Waals surface area contributed by atoms with Gasteiger partial charge in [0, 0.05) is 21.8 Å². The molecule has 0 aliphatic carbocycles. The van der Waals surface area contributed by atoms with Crippen molar-refractivity contribution >= 4 is 11.6 Å². The molecule has 0 fully saturated rings. The van der Waals surface area contributed by atoms with Crippen LogP contribution in [0.5, 0.6) is 0 Å². The van der Waals surface area contributed by atoms with E-state index in [9.17, 15) is 0 Å². The second kappa shape index (κ2) is 5.51. The topological polar surface area (TPSA) is 28.7 Å². The Kier molecular flexibility index (Phi) is 3.57. The van der Waals surface area contributed by atoms with E-state index in [1.807, 2.05) is 36.4 Å². The Hall–Kier alpha value is -2.06. The normalized spacial score (nSPS) is 10.7. The second-order valence-corrected chi connectivity index (χ2v) is 5.09. The molecule has 1 aromatic heterocycles. The SMILES string of the molecule is CCc1[nH]nc(-c2ccccc2)c1-c1cccc(Cl)c1. The van der Waals surface area contributed by atoms with Gasteiger partial charge in [0.15, 0.2) is 0 Å². The van der Waals surface area contributed by atoms with E-state index in [1.165, 1.54) is 0 Å². The van der Waals surface area contributed by atoms with Gasteiger partial charge in [0.2, 0.25) is 0 Å². The Morgan fingerprint density at radius 2 is 1.75 bits per heavy atom. The van der Waals surface area contributed by atoms with E-state index in [-0.39, 0.29) is 0 Å². The Morgan fingerprint density at radius 3 is 2.45 bits per heavy atom. The lowest BCUT2D eigenvalue weighted by Crippen LogP contribution is -1.87. The molecule has 0 spiro atoms. The van der Waals surface area contributed by atoms with Gasteiger partial charge in [-0.2, -0.15) is 5.10 Å². The quantitative estimate of drug-likeness (QED) is 0.723. The zero-order valence-corrected chi connectivity index (χ0v) is 12.0. The highest BCUT2D eigenvalue weighted by atomic mass is 35.5. The monoisotopic (exact) mass is 282 g/mol. The number of aromatic nitrogens is 2. The van der Waals surface area contributed by atoms with Crippen molar-refractivity contribution in [3.8, 4) is 22.4 Å². The van der Waals surface area contributed by atoms with Crippen LogP contribution in [0, 0.1) is 0 Å². The minimum Gasteiger partial charge on any atom is -0.281 e. The number of H-pyrrole nitrogens is 1. The van der Waals surface area contributed by atoms with Crippen LogP contribution in [0.1, 0.15) is 12.6 Å². The van der Waals surface area contributed by atoms with Crippen molar-refractivity contribution in [2.45, 2.75) is 13.3 Å². The highest BCUT2D eigenvalue weighted by Crippen LogP contribution is 2.34. The van der Waals surface area contributed by atoms with E-state index < -0.39 is 0 Å². The lowest BCUT2D eigenvalue weighted by atomic mass is 9.98. The summed E-state index contributed by atoms with van der Waals surface area (Å²) in [5, 5.41) is 8.38. The van der Waals surface area contributed by atoms with Gasteiger partial charge >= 0.3 is 0 Å². The number of nitrogens with zero attached hydrogens (tertiary/aromatic N) is 1. The summed E-state index contributed by atoms with van der Waals surface area (Å²) in [5.41, 5.74) is 5.46. The summed E-state index contributed by atoms with van der Waals surface area (Å²) in [6, 6.07) is 18.1. The number of hydrogen-bond acceptors (Lipinski definition) is 1. The molecule has 0 saturated heterocycles. The van der Waals surface area contributed by atoms with Gasteiger partial charge in [-0.3, -0.25) is 5.10 Å². The van der Waals surface area contributed by atoms with Gasteiger partial charge in [-0.15, -0.1) is 0 Å². The first kappa shape index (κ1) is 12.9. The molecule has 1 N–H and O–H groups in total. The summed E-state index contributed by atoms with van der Waals surface area (Å²) < 4.78 is 0. The molecule has 1 heterocycles. The van der Waals surface area contributed by atoms with Crippen molar-refractivity contribution in [1.29, 1.82) is 0 Å². The van der Waals surface area contributed by atoms with E-state index >= 15 is 0 Å². The molecule has 0 atom stereocenters. The van der Waals surface area contributed by atoms with E-state index in [0.717, 1.165) is 39.5 Å². The molecular weight excluding hydrogens is 268 g/mol. The molecule has 20 heavy (non-hydrogen) atoms. The maximum atomic E-state index is 6.13. The van der Waals surface area contributed by atoms with Crippen LogP contribution in [-0.4, -0.2) is 10.2 Å². The van der Waals surface area contributed by atoms with Gasteiger partial charge in [0.05, 0.1) is 0 Å². The number of aryl methyl sites for hydroxylation is 1. The fourth-order valence-corrected chi connectivity index (χ4v) is 2.58. The summed E-state index contributed by atoms with van der Waals surface area (Å²) >= 11 is 6.13. The Labute approximate surface area is 123 Å². The van der Waals surface area contributed by atoms with Crippen LogP contribution < -0.4 is 0 Å². The minimum absolute atomic E-state index is 0.741. The van der Waals surface area contributed by atoms with Crippen LogP contribution in [0.2, 0.25) is 5.02 Å². The number of rotatable bonds is 3. The van der Waals surface area contributed by atoms with E-state index in [1.54, 1.807) is 0 Å². The fraction of sp³-hybridized carbons (Fsp3) is 0.118. The molecule has 2 aromatic carbocycles. The molecule has 0 aliphatic rings. The average molecular weight is 283 g/mol. The van der Waals surface area contributed by atoms with Crippen molar-refractivity contribution in [3.05, 3.63) is 65.3 Å². The van der Waals surface area contributed by atoms with Crippen LogP contribution in [0.25, 0.3) is 22.4 Å². The predicted molar refractivity (Wildman–Crippen MR) is 83.8 cm³/mol. The molecule has 2 nitrogen and oxygen atoms in total. The number of halogens is 1. The summed E-state index contributed by atoms with van der Waals surface area (Å²) in [6.07, 6.45) is 0.904. The molecule has 3 aromatic rings. The third-order valence-corrected chi connectivity index (χ3v) is 3.59. The Bertz CT molecular complexity index is 717. The average Bonchev–Trinajstić information content (AvgIpc) is 2.92. The maximum Gasteiger partial charge on any atom is 0.100 e. The highest BCUT2D eigenvalue weighted by Gasteiger charge is 2.15. The first-order chi connectivity index (χ1) is 9.79. The van der Waals surface area contributed by atoms with Crippen LogP contribution in [0.15, 0.2) is 54.6 Å². The van der Waals surface area contributed by atoms with Crippen LogP contribution in [-0.2, 0) is 6.42 Å². The van der Waals surface area contributed by atoms with Gasteiger partial charge in [0.1, 0.15) is 5.69 Å². The molecule has 3 rings (SSSR count). The second-order valence-electron chi connectivity index (χ2n) is 4.66. The highest BCUT2D eigenvalue weighted by molar-refractivity contribution is 6.30. The van der Waals surface area contributed by atoms with Gasteiger partial charge in [-0.25, -0.2) is 0 Å². The standard InChI is InChI=1S/C17H15ClN2/c1-2-15-16(13-9-6-10-14(18)11-13)17(20-19-15)12-7-4-3-5-8-12/h3-11H,2H2,1H3,(H,19,20). The predicted octanol–water partition coefficient (Wildman–Crippen LogP) is 4.96. The smallest absolute Gasteiger partial charge is 0.100 e. The summed E-state index contributed by atoms with van der Waals surface area (Å²) in [5.74, 6) is 0. The molecule has 3 heteroatoms. The zero-order chi connectivity index (χ0) is 13.9. The van der Waals surface area contributed by atoms with Crippen molar-refractivity contribution in [2.24, 2.45) is 0 Å². The zero-order valence-electron chi connectivity index (χ0n) is 11.2. The number of hydrogen-bond donors (Lipinski definition) is 1. The molecule has 0 bridgehead atoms. The van der Waals surface area contributed by atoms with Gasteiger partial charge in [0.25, 0.3) is 0 Å². The molecule has 0 radical (unpaired) electrons. The largest absolute Gasteiger partial charge is 0.281 e. The van der Waals surface area contributed by atoms with Gasteiger partial charge in [-0.1, -0.05) is 61.0 Å². The number of nitrogens with one attached hydrogen (secondary N) is 1. The van der Waals surface area contributed by atoms with E-state index in [2.05, 4.69) is 35.3 Å². The molecule has 0 amide bonds. The maximum absolute atomic E-state index is 6.13. The first-order valence-corrected chi connectivity index (χ1v) is 7.06. The summed E-state index contributed by atoms with van der Waals surface area (Å²) in [6.45, 7) is 2.12. The van der Waals surface area contributed by atoms with Gasteiger partial charge in [-0.05, 0) is 24.1 Å². The lowest BCUT2D eigenvalue weighted by Gasteiger charge is -2.06. The molecule has 0 aliphatic heterocycles. The van der Waals surface area contributed by atoms with Crippen molar-refractivity contribution in [2.75, 3.05) is 0 Å². The molecule has 0 unspecified atom stereocenters. The summed E-state index contributed by atoms with van der Waals surface area (Å²) in [7, 11) is 0. The Morgan fingerprint density at radius 1 is 1.00 bits per heavy atom. The molecule has 0 saturated carbocycles. The van der Waals surface area contributed by atoms with Crippen LogP contribution in [0.4, 0.5) is 0 Å². The molecular formula is C17H15ClN2. The number of benzene rings is 2. The third-order valence-electron chi connectivity index (χ3n) is 3.36. The Balaban J connectivity index is 2.21. The van der Waals surface area contributed by atoms with E-state index in [4.69, 9.17) is 11.6 Å². The summed E-state index contributed by atoms with van der Waals surface area (Å²) in [4.78, 5) is 0. The van der Waals surface area contributed by atoms with Crippen LogP contribution >= 0.6 is 11.6 Å². The van der Waals surface area contributed by atoms with Crippen molar-refractivity contribution in [3.63, 3.8) is 0 Å². The third kappa shape index (κ3) is 2.35. The minimum atomic E-state index is 0.741. The molecule has 100 valence electrons. The van der Waals surface area contributed by atoms with Gasteiger partial charge < -0.3 is 0 Å². The van der Waals surface area contributed by atoms with Crippen LogP contribution in [0.3, 0.4) is 0 Å². The van der Waals surface area contributed by atoms with Crippen molar-refractivity contribution < 1.29 is 0 Å². The fourth-order valence-electron chi connectivity index (χ4n) is 2.39. The first-order valence-electron chi connectivity index (χ1n) is 6.68. The van der Waals surface area contributed by atoms with Crippen molar-refractivity contribution in [1.82, 2.24) is 10.2 Å². The lowest BCUT2D eigenvalue weighted by molar-refractivity contribution is 0.977. The van der Waals surface area contributed by atoms with E-state index in [0.29, 0.717) is 0 Å².